The van der Waals surface area contributed by atoms with E-state index < -0.39 is 0 Å². The number of thiazole rings is 1. The molecule has 2 aromatic rings. The maximum absolute atomic E-state index is 12.2. The first-order valence-electron chi connectivity index (χ1n) is 8.61. The number of carbonyl (C=O) groups excluding carboxylic acids is 1. The van der Waals surface area contributed by atoms with Crippen LogP contribution in [0.25, 0.3) is 0 Å². The van der Waals surface area contributed by atoms with Crippen molar-refractivity contribution in [2.75, 3.05) is 32.6 Å². The van der Waals surface area contributed by atoms with Crippen molar-refractivity contribution < 1.29 is 4.79 Å². The molecule has 25 heavy (non-hydrogen) atoms. The fourth-order valence-electron chi connectivity index (χ4n) is 2.58. The summed E-state index contributed by atoms with van der Waals surface area (Å²) in [5, 5.41) is 4.07. The molecule has 1 heterocycles. The highest BCUT2D eigenvalue weighted by Crippen LogP contribution is 2.18. The average Bonchev–Trinajstić information content (AvgIpc) is 2.95. The molecule has 0 atom stereocenters. The minimum Gasteiger partial charge on any atom is -0.378 e. The Bertz CT molecular complexity index is 694. The van der Waals surface area contributed by atoms with Crippen molar-refractivity contribution in [2.24, 2.45) is 0 Å². The van der Waals surface area contributed by atoms with E-state index in [0.29, 0.717) is 13.1 Å². The zero-order valence-corrected chi connectivity index (χ0v) is 16.6. The lowest BCUT2D eigenvalue weighted by atomic mass is 10.2. The largest absolute Gasteiger partial charge is 0.378 e. The zero-order valence-electron chi connectivity index (χ0n) is 15.8. The second-order valence-corrected chi connectivity index (χ2v) is 7.65. The number of urea groups is 1. The van der Waals surface area contributed by atoms with Crippen LogP contribution in [0.1, 0.15) is 28.1 Å². The van der Waals surface area contributed by atoms with Gasteiger partial charge in [0.15, 0.2) is 0 Å². The molecule has 0 aliphatic rings. The van der Waals surface area contributed by atoms with Gasteiger partial charge in [0.1, 0.15) is 0 Å². The Kier molecular flexibility index (Phi) is 6.82. The molecule has 2 amide bonds. The summed E-state index contributed by atoms with van der Waals surface area (Å²) >= 11 is 1.73. The standard InChI is InChI=1S/C19H28N4OS/c1-6-17-14(2)25-18(21-17)11-12-20-19(24)23(5)13-15-7-9-16(10-8-15)22(3)4/h7-10H,6,11-13H2,1-5H3,(H,20,24). The lowest BCUT2D eigenvalue weighted by molar-refractivity contribution is 0.207. The van der Waals surface area contributed by atoms with Gasteiger partial charge >= 0.3 is 6.03 Å². The summed E-state index contributed by atoms with van der Waals surface area (Å²) in [5.74, 6) is 0. The van der Waals surface area contributed by atoms with Crippen LogP contribution in [-0.2, 0) is 19.4 Å². The van der Waals surface area contributed by atoms with Crippen LogP contribution < -0.4 is 10.2 Å². The molecule has 0 aliphatic heterocycles. The van der Waals surface area contributed by atoms with Crippen molar-refractivity contribution in [3.63, 3.8) is 0 Å². The highest BCUT2D eigenvalue weighted by atomic mass is 32.1. The molecule has 136 valence electrons. The van der Waals surface area contributed by atoms with Gasteiger partial charge < -0.3 is 15.1 Å². The molecule has 0 unspecified atom stereocenters. The third-order valence-electron chi connectivity index (χ3n) is 4.11. The number of benzene rings is 1. The molecule has 1 N–H and O–H groups in total. The predicted molar refractivity (Wildman–Crippen MR) is 106 cm³/mol. The fourth-order valence-corrected chi connectivity index (χ4v) is 3.60. The van der Waals surface area contributed by atoms with Crippen molar-refractivity contribution in [3.05, 3.63) is 45.4 Å². The van der Waals surface area contributed by atoms with E-state index in [1.807, 2.05) is 21.1 Å². The van der Waals surface area contributed by atoms with Crippen molar-refractivity contribution in [2.45, 2.75) is 33.2 Å². The Labute approximate surface area is 154 Å². The SMILES string of the molecule is CCc1nc(CCNC(=O)N(C)Cc2ccc(N(C)C)cc2)sc1C. The molecule has 0 spiro atoms. The second-order valence-electron chi connectivity index (χ2n) is 6.36. The maximum Gasteiger partial charge on any atom is 0.317 e. The lowest BCUT2D eigenvalue weighted by Gasteiger charge is -2.19. The molecule has 0 radical (unpaired) electrons. The summed E-state index contributed by atoms with van der Waals surface area (Å²) < 4.78 is 0. The van der Waals surface area contributed by atoms with E-state index in [1.165, 1.54) is 10.6 Å². The van der Waals surface area contributed by atoms with Gasteiger partial charge in [-0.3, -0.25) is 0 Å². The number of carbonyl (C=O) groups is 1. The number of hydrogen-bond acceptors (Lipinski definition) is 4. The van der Waals surface area contributed by atoms with Crippen LogP contribution >= 0.6 is 11.3 Å². The minimum atomic E-state index is -0.0549. The molecule has 2 rings (SSSR count). The van der Waals surface area contributed by atoms with Gasteiger partial charge in [-0.25, -0.2) is 9.78 Å². The van der Waals surface area contributed by atoms with Crippen LogP contribution in [-0.4, -0.2) is 43.6 Å². The number of hydrogen-bond donors (Lipinski definition) is 1. The number of aromatic nitrogens is 1. The van der Waals surface area contributed by atoms with Gasteiger partial charge in [-0.05, 0) is 31.0 Å². The van der Waals surface area contributed by atoms with Crippen molar-refractivity contribution in [1.29, 1.82) is 0 Å². The summed E-state index contributed by atoms with van der Waals surface area (Å²) in [7, 11) is 5.85. The fraction of sp³-hybridized carbons (Fsp3) is 0.474. The molecule has 5 nitrogen and oxygen atoms in total. The van der Waals surface area contributed by atoms with Crippen LogP contribution in [0, 0.1) is 6.92 Å². The maximum atomic E-state index is 12.2. The molecular weight excluding hydrogens is 332 g/mol. The van der Waals surface area contributed by atoms with Crippen molar-refractivity contribution in [1.82, 2.24) is 15.2 Å². The number of amides is 2. The number of rotatable bonds is 7. The van der Waals surface area contributed by atoms with Gasteiger partial charge in [-0.15, -0.1) is 11.3 Å². The second kappa shape index (κ2) is 8.85. The third kappa shape index (κ3) is 5.46. The van der Waals surface area contributed by atoms with Crippen molar-refractivity contribution >= 4 is 23.1 Å². The Balaban J connectivity index is 1.79. The molecule has 0 saturated carbocycles. The molecule has 6 heteroatoms. The molecular formula is C19H28N4OS. The summed E-state index contributed by atoms with van der Waals surface area (Å²) in [6, 6.07) is 8.20. The molecule has 0 saturated heterocycles. The zero-order chi connectivity index (χ0) is 18.4. The van der Waals surface area contributed by atoms with Gasteiger partial charge in [0.05, 0.1) is 10.7 Å². The molecule has 0 fully saturated rings. The van der Waals surface area contributed by atoms with Crippen LogP contribution in [0.15, 0.2) is 24.3 Å². The number of nitrogens with zero attached hydrogens (tertiary/aromatic N) is 3. The first-order valence-corrected chi connectivity index (χ1v) is 9.42. The average molecular weight is 361 g/mol. The van der Waals surface area contributed by atoms with Gasteiger partial charge in [0.2, 0.25) is 0 Å². The summed E-state index contributed by atoms with van der Waals surface area (Å²) in [4.78, 5) is 21.9. The van der Waals surface area contributed by atoms with Gasteiger partial charge in [-0.2, -0.15) is 0 Å². The molecule has 1 aromatic carbocycles. The number of anilines is 1. The number of aryl methyl sites for hydroxylation is 2. The monoisotopic (exact) mass is 360 g/mol. The van der Waals surface area contributed by atoms with Gasteiger partial charge in [0, 0.05) is 51.2 Å². The summed E-state index contributed by atoms with van der Waals surface area (Å²) in [5.41, 5.74) is 3.44. The van der Waals surface area contributed by atoms with E-state index >= 15 is 0 Å². The van der Waals surface area contributed by atoms with Gasteiger partial charge in [0.25, 0.3) is 0 Å². The van der Waals surface area contributed by atoms with Crippen LogP contribution in [0.2, 0.25) is 0 Å². The van der Waals surface area contributed by atoms with Gasteiger partial charge in [-0.1, -0.05) is 19.1 Å². The number of nitrogens with one attached hydrogen (secondary N) is 1. The summed E-state index contributed by atoms with van der Waals surface area (Å²) in [6.45, 7) is 5.43. The highest BCUT2D eigenvalue weighted by Gasteiger charge is 2.10. The Hall–Kier alpha value is -2.08. The first kappa shape index (κ1) is 19.2. The van der Waals surface area contributed by atoms with E-state index in [2.05, 4.69) is 53.3 Å². The third-order valence-corrected chi connectivity index (χ3v) is 5.18. The van der Waals surface area contributed by atoms with E-state index in [-0.39, 0.29) is 6.03 Å². The molecule has 0 aliphatic carbocycles. The Morgan fingerprint density at radius 2 is 1.88 bits per heavy atom. The lowest BCUT2D eigenvalue weighted by Crippen LogP contribution is -2.37. The Morgan fingerprint density at radius 3 is 2.44 bits per heavy atom. The van der Waals surface area contributed by atoms with E-state index in [1.54, 1.807) is 16.2 Å². The smallest absolute Gasteiger partial charge is 0.317 e. The van der Waals surface area contributed by atoms with Crippen LogP contribution in [0.4, 0.5) is 10.5 Å². The first-order chi connectivity index (χ1) is 11.9. The summed E-state index contributed by atoms with van der Waals surface area (Å²) in [6.07, 6.45) is 1.74. The topological polar surface area (TPSA) is 48.5 Å². The molecule has 0 bridgehead atoms. The molecule has 1 aromatic heterocycles. The quantitative estimate of drug-likeness (QED) is 0.822. The van der Waals surface area contributed by atoms with Crippen LogP contribution in [0.3, 0.4) is 0 Å². The van der Waals surface area contributed by atoms with E-state index in [0.717, 1.165) is 29.1 Å². The van der Waals surface area contributed by atoms with E-state index in [4.69, 9.17) is 0 Å². The normalized spacial score (nSPS) is 10.6. The Morgan fingerprint density at radius 1 is 1.20 bits per heavy atom. The predicted octanol–water partition coefficient (Wildman–Crippen LogP) is 3.46. The highest BCUT2D eigenvalue weighted by molar-refractivity contribution is 7.11. The minimum absolute atomic E-state index is 0.0549. The van der Waals surface area contributed by atoms with Crippen LogP contribution in [0.5, 0.6) is 0 Å². The van der Waals surface area contributed by atoms with E-state index in [9.17, 15) is 4.79 Å². The van der Waals surface area contributed by atoms with Crippen molar-refractivity contribution in [3.8, 4) is 0 Å².